The van der Waals surface area contributed by atoms with E-state index in [0.717, 1.165) is 0 Å². The Bertz CT molecular complexity index is 955. The van der Waals surface area contributed by atoms with Crippen molar-refractivity contribution in [1.82, 2.24) is 9.97 Å². The Balaban J connectivity index is 2.11. The number of aromatic nitrogens is 2. The standard InChI is InChI=1S/C17H10F6N2OS/c1-26-11-2-3-14-13(7-11)15(25-8-24-14)27-12-5-9(16(18,19)20)4-10(6-12)17(21,22)23/h2-8H,1H3. The molecule has 0 saturated carbocycles. The number of rotatable bonds is 3. The van der Waals surface area contributed by atoms with E-state index in [1.165, 1.54) is 13.4 Å². The third kappa shape index (κ3) is 4.26. The molecule has 0 radical (unpaired) electrons. The topological polar surface area (TPSA) is 35.0 Å². The molecular formula is C17H10F6N2OS. The fraction of sp³-hybridized carbons (Fsp3) is 0.176. The minimum Gasteiger partial charge on any atom is -0.497 e. The molecule has 0 aliphatic carbocycles. The largest absolute Gasteiger partial charge is 0.497 e. The zero-order chi connectivity index (χ0) is 19.8. The number of ether oxygens (including phenoxy) is 1. The van der Waals surface area contributed by atoms with Crippen LogP contribution in [0, 0.1) is 0 Å². The Morgan fingerprint density at radius 2 is 1.48 bits per heavy atom. The zero-order valence-corrected chi connectivity index (χ0v) is 14.3. The molecule has 2 aromatic carbocycles. The molecule has 27 heavy (non-hydrogen) atoms. The minimum absolute atomic E-state index is 0.0885. The molecule has 3 aromatic rings. The van der Waals surface area contributed by atoms with E-state index in [4.69, 9.17) is 4.74 Å². The number of halogens is 6. The van der Waals surface area contributed by atoms with E-state index in [1.807, 2.05) is 0 Å². The second-order valence-electron chi connectivity index (χ2n) is 5.41. The van der Waals surface area contributed by atoms with Crippen LogP contribution in [-0.4, -0.2) is 17.1 Å². The third-order valence-electron chi connectivity index (χ3n) is 3.58. The maximum absolute atomic E-state index is 13.0. The van der Waals surface area contributed by atoms with E-state index in [9.17, 15) is 26.3 Å². The first-order valence-electron chi connectivity index (χ1n) is 7.34. The van der Waals surface area contributed by atoms with Crippen LogP contribution in [0.5, 0.6) is 5.75 Å². The highest BCUT2D eigenvalue weighted by molar-refractivity contribution is 7.99. The highest BCUT2D eigenvalue weighted by Gasteiger charge is 2.37. The summed E-state index contributed by atoms with van der Waals surface area (Å²) < 4.78 is 83.1. The molecule has 0 saturated heterocycles. The molecule has 0 fully saturated rings. The van der Waals surface area contributed by atoms with Crippen molar-refractivity contribution in [3.05, 3.63) is 53.9 Å². The van der Waals surface area contributed by atoms with E-state index >= 15 is 0 Å². The first-order valence-corrected chi connectivity index (χ1v) is 8.15. The van der Waals surface area contributed by atoms with Gasteiger partial charge in [0.05, 0.1) is 23.8 Å². The van der Waals surface area contributed by atoms with Crippen LogP contribution in [-0.2, 0) is 12.4 Å². The van der Waals surface area contributed by atoms with Gasteiger partial charge < -0.3 is 4.74 Å². The monoisotopic (exact) mass is 404 g/mol. The van der Waals surface area contributed by atoms with Gasteiger partial charge in [0, 0.05) is 10.3 Å². The summed E-state index contributed by atoms with van der Waals surface area (Å²) in [6.07, 6.45) is -8.63. The molecule has 0 N–H and O–H groups in total. The van der Waals surface area contributed by atoms with Gasteiger partial charge in [0.15, 0.2) is 0 Å². The fourth-order valence-electron chi connectivity index (χ4n) is 2.32. The van der Waals surface area contributed by atoms with Crippen molar-refractivity contribution in [2.75, 3.05) is 7.11 Å². The highest BCUT2D eigenvalue weighted by atomic mass is 32.2. The molecule has 10 heteroatoms. The Morgan fingerprint density at radius 1 is 0.852 bits per heavy atom. The molecule has 0 spiro atoms. The third-order valence-corrected chi connectivity index (χ3v) is 4.57. The SMILES string of the molecule is COc1ccc2ncnc(Sc3cc(C(F)(F)F)cc(C(F)(F)F)c3)c2c1. The Morgan fingerprint density at radius 3 is 2.04 bits per heavy atom. The smallest absolute Gasteiger partial charge is 0.416 e. The van der Waals surface area contributed by atoms with Crippen LogP contribution in [0.4, 0.5) is 26.3 Å². The average Bonchev–Trinajstić information content (AvgIpc) is 2.60. The average molecular weight is 404 g/mol. The summed E-state index contributed by atoms with van der Waals surface area (Å²) in [5.74, 6) is 0.458. The molecule has 3 nitrogen and oxygen atoms in total. The summed E-state index contributed by atoms with van der Waals surface area (Å²) in [6.45, 7) is 0. The summed E-state index contributed by atoms with van der Waals surface area (Å²) >= 11 is 0.690. The van der Waals surface area contributed by atoms with Crippen LogP contribution in [0.1, 0.15) is 11.1 Å². The summed E-state index contributed by atoms with van der Waals surface area (Å²) in [5.41, 5.74) is -2.28. The van der Waals surface area contributed by atoms with Crippen molar-refractivity contribution in [3.8, 4) is 5.75 Å². The lowest BCUT2D eigenvalue weighted by Crippen LogP contribution is -2.10. The number of fused-ring (bicyclic) bond motifs is 1. The quantitative estimate of drug-likeness (QED) is 0.407. The number of alkyl halides is 6. The number of nitrogens with zero attached hydrogens (tertiary/aromatic N) is 2. The van der Waals surface area contributed by atoms with Crippen LogP contribution < -0.4 is 4.74 Å². The van der Waals surface area contributed by atoms with E-state index in [1.54, 1.807) is 18.2 Å². The van der Waals surface area contributed by atoms with E-state index in [0.29, 0.717) is 40.5 Å². The molecule has 3 rings (SSSR count). The summed E-state index contributed by atoms with van der Waals surface area (Å²) in [6, 6.07) is 6.23. The maximum atomic E-state index is 13.0. The minimum atomic E-state index is -4.91. The molecule has 0 aliphatic rings. The van der Waals surface area contributed by atoms with Crippen molar-refractivity contribution in [2.24, 2.45) is 0 Å². The molecule has 0 aliphatic heterocycles. The van der Waals surface area contributed by atoms with Crippen molar-refractivity contribution in [3.63, 3.8) is 0 Å². The van der Waals surface area contributed by atoms with Gasteiger partial charge >= 0.3 is 12.4 Å². The van der Waals surface area contributed by atoms with Gasteiger partial charge in [-0.3, -0.25) is 0 Å². The van der Waals surface area contributed by atoms with Gasteiger partial charge in [0.2, 0.25) is 0 Å². The molecule has 1 heterocycles. The van der Waals surface area contributed by atoms with Gasteiger partial charge in [-0.2, -0.15) is 26.3 Å². The van der Waals surface area contributed by atoms with Crippen LogP contribution >= 0.6 is 11.8 Å². The first kappa shape index (κ1) is 19.3. The van der Waals surface area contributed by atoms with Crippen molar-refractivity contribution in [1.29, 1.82) is 0 Å². The van der Waals surface area contributed by atoms with Crippen molar-refractivity contribution in [2.45, 2.75) is 22.3 Å². The first-order chi connectivity index (χ1) is 12.6. The Labute approximate surface area is 153 Å². The van der Waals surface area contributed by atoms with E-state index < -0.39 is 23.5 Å². The molecule has 0 amide bonds. The number of benzene rings is 2. The predicted molar refractivity (Wildman–Crippen MR) is 86.7 cm³/mol. The molecule has 0 atom stereocenters. The van der Waals surface area contributed by atoms with Crippen molar-refractivity contribution < 1.29 is 31.1 Å². The van der Waals surface area contributed by atoms with E-state index in [2.05, 4.69) is 9.97 Å². The van der Waals surface area contributed by atoms with Crippen LogP contribution in [0.15, 0.2) is 52.6 Å². The fourth-order valence-corrected chi connectivity index (χ4v) is 3.29. The van der Waals surface area contributed by atoms with Crippen LogP contribution in [0.25, 0.3) is 10.9 Å². The molecule has 142 valence electrons. The van der Waals surface area contributed by atoms with Crippen molar-refractivity contribution >= 4 is 22.7 Å². The number of hydrogen-bond acceptors (Lipinski definition) is 4. The van der Waals surface area contributed by atoms with Gasteiger partial charge in [-0.15, -0.1) is 0 Å². The molecular weight excluding hydrogens is 394 g/mol. The lowest BCUT2D eigenvalue weighted by atomic mass is 10.1. The molecule has 1 aromatic heterocycles. The van der Waals surface area contributed by atoms with Gasteiger partial charge in [-0.1, -0.05) is 11.8 Å². The van der Waals surface area contributed by atoms with Gasteiger partial charge in [0.25, 0.3) is 0 Å². The number of hydrogen-bond donors (Lipinski definition) is 0. The number of methoxy groups -OCH3 is 1. The normalized spacial score (nSPS) is 12.4. The predicted octanol–water partition coefficient (Wildman–Crippen LogP) is 5.83. The molecule has 0 bridgehead atoms. The molecule has 0 unspecified atom stereocenters. The zero-order valence-electron chi connectivity index (χ0n) is 13.5. The summed E-state index contributed by atoms with van der Waals surface area (Å²) in [4.78, 5) is 7.79. The lowest BCUT2D eigenvalue weighted by molar-refractivity contribution is -0.143. The Kier molecular flexibility index (Phi) is 4.94. The summed E-state index contributed by atoms with van der Waals surface area (Å²) in [5, 5.41) is 0.666. The van der Waals surface area contributed by atoms with Crippen LogP contribution in [0.2, 0.25) is 0 Å². The van der Waals surface area contributed by atoms with Gasteiger partial charge in [-0.25, -0.2) is 9.97 Å². The summed E-state index contributed by atoms with van der Waals surface area (Å²) in [7, 11) is 1.43. The Hall–Kier alpha value is -2.49. The second-order valence-corrected chi connectivity index (χ2v) is 6.47. The van der Waals surface area contributed by atoms with Crippen LogP contribution in [0.3, 0.4) is 0 Å². The van der Waals surface area contributed by atoms with Gasteiger partial charge in [-0.05, 0) is 36.4 Å². The second kappa shape index (κ2) is 6.91. The highest BCUT2D eigenvalue weighted by Crippen LogP contribution is 2.40. The van der Waals surface area contributed by atoms with E-state index in [-0.39, 0.29) is 16.0 Å². The van der Waals surface area contributed by atoms with Gasteiger partial charge in [0.1, 0.15) is 17.1 Å². The maximum Gasteiger partial charge on any atom is 0.416 e. The lowest BCUT2D eigenvalue weighted by Gasteiger charge is -2.14.